The van der Waals surface area contributed by atoms with Gasteiger partial charge in [0.1, 0.15) is 0 Å². The molecule has 0 saturated carbocycles. The van der Waals surface area contributed by atoms with E-state index in [9.17, 15) is 4.79 Å². The third kappa shape index (κ3) is 3.32. The lowest BCUT2D eigenvalue weighted by atomic mass is 10.1. The quantitative estimate of drug-likeness (QED) is 0.855. The molecule has 0 N–H and O–H groups in total. The highest BCUT2D eigenvalue weighted by Crippen LogP contribution is 2.21. The summed E-state index contributed by atoms with van der Waals surface area (Å²) in [6.45, 7) is 7.22. The minimum Gasteiger partial charge on any atom is -0.372 e. The van der Waals surface area contributed by atoms with E-state index in [-0.39, 0.29) is 18.1 Å². The van der Waals surface area contributed by atoms with Crippen LogP contribution >= 0.6 is 11.6 Å². The average Bonchev–Trinajstić information content (AvgIpc) is 2.97. The maximum Gasteiger partial charge on any atom is 0.257 e. The summed E-state index contributed by atoms with van der Waals surface area (Å²) in [5.41, 5.74) is 2.41. The third-order valence-electron chi connectivity index (χ3n) is 4.19. The van der Waals surface area contributed by atoms with Gasteiger partial charge in [-0.15, -0.1) is 0 Å². The maximum atomic E-state index is 13.0. The van der Waals surface area contributed by atoms with Crippen LogP contribution in [-0.2, 0) is 11.2 Å². The van der Waals surface area contributed by atoms with E-state index in [1.54, 1.807) is 10.9 Å². The zero-order valence-electron chi connectivity index (χ0n) is 14.2. The summed E-state index contributed by atoms with van der Waals surface area (Å²) in [4.78, 5) is 14.8. The number of rotatable bonds is 3. The Morgan fingerprint density at radius 1 is 1.33 bits per heavy atom. The molecule has 1 aliphatic heterocycles. The average molecular weight is 348 g/mol. The second-order valence-electron chi connectivity index (χ2n) is 6.22. The molecule has 6 heteroatoms. The number of ether oxygens (including phenoxy) is 1. The molecule has 1 saturated heterocycles. The Labute approximate surface area is 147 Å². The summed E-state index contributed by atoms with van der Waals surface area (Å²) in [5.74, 6) is 0.0159. The number of carbonyl (C=O) groups is 1. The fourth-order valence-corrected chi connectivity index (χ4v) is 3.42. The SMILES string of the molecule is CCc1c(C(=O)N2C[C@H](C)O[C@@H](C)C2)cnn1-c1cccc(Cl)c1. The first-order chi connectivity index (χ1) is 11.5. The van der Waals surface area contributed by atoms with Gasteiger partial charge in [0, 0.05) is 18.1 Å². The van der Waals surface area contributed by atoms with Gasteiger partial charge in [-0.05, 0) is 38.5 Å². The van der Waals surface area contributed by atoms with Crippen molar-refractivity contribution in [3.63, 3.8) is 0 Å². The molecular formula is C18H22ClN3O2. The predicted molar refractivity (Wildman–Crippen MR) is 93.9 cm³/mol. The van der Waals surface area contributed by atoms with Crippen molar-refractivity contribution in [3.8, 4) is 5.69 Å². The fourth-order valence-electron chi connectivity index (χ4n) is 3.24. The first kappa shape index (κ1) is 17.0. The van der Waals surface area contributed by atoms with Crippen molar-refractivity contribution in [2.45, 2.75) is 39.4 Å². The molecule has 128 valence electrons. The van der Waals surface area contributed by atoms with Gasteiger partial charge in [-0.25, -0.2) is 4.68 Å². The number of amides is 1. The molecule has 1 aromatic carbocycles. The number of hydrogen-bond donors (Lipinski definition) is 0. The van der Waals surface area contributed by atoms with Crippen LogP contribution in [-0.4, -0.2) is 45.9 Å². The standard InChI is InChI=1S/C18H22ClN3O2/c1-4-17-16(18(23)21-10-12(2)24-13(3)11-21)9-20-22(17)15-7-5-6-14(19)8-15/h5-9,12-13H,4,10-11H2,1-3H3/t12-,13-/m0/s1. The number of aromatic nitrogens is 2. The number of hydrogen-bond acceptors (Lipinski definition) is 3. The Morgan fingerprint density at radius 3 is 2.67 bits per heavy atom. The van der Waals surface area contributed by atoms with Crippen molar-refractivity contribution in [3.05, 3.63) is 46.7 Å². The van der Waals surface area contributed by atoms with Gasteiger partial charge in [0.25, 0.3) is 5.91 Å². The molecule has 0 aliphatic carbocycles. The number of morpholine rings is 1. The Morgan fingerprint density at radius 2 is 2.04 bits per heavy atom. The van der Waals surface area contributed by atoms with Gasteiger partial charge in [-0.3, -0.25) is 4.79 Å². The van der Waals surface area contributed by atoms with Gasteiger partial charge in [0.05, 0.1) is 35.3 Å². The third-order valence-corrected chi connectivity index (χ3v) is 4.43. The van der Waals surface area contributed by atoms with Crippen molar-refractivity contribution in [1.29, 1.82) is 0 Å². The maximum absolute atomic E-state index is 13.0. The van der Waals surface area contributed by atoms with E-state index in [2.05, 4.69) is 5.10 Å². The fraction of sp³-hybridized carbons (Fsp3) is 0.444. The van der Waals surface area contributed by atoms with Gasteiger partial charge in [-0.1, -0.05) is 24.6 Å². The molecule has 0 spiro atoms. The van der Waals surface area contributed by atoms with Crippen molar-refractivity contribution in [1.82, 2.24) is 14.7 Å². The smallest absolute Gasteiger partial charge is 0.257 e. The molecule has 2 heterocycles. The molecule has 1 aliphatic rings. The molecule has 0 radical (unpaired) electrons. The number of benzene rings is 1. The van der Waals surface area contributed by atoms with Gasteiger partial charge in [0.15, 0.2) is 0 Å². The minimum atomic E-state index is 0.0159. The summed E-state index contributed by atoms with van der Waals surface area (Å²) in [7, 11) is 0. The van der Waals surface area contributed by atoms with Crippen molar-refractivity contribution >= 4 is 17.5 Å². The first-order valence-electron chi connectivity index (χ1n) is 8.27. The number of nitrogens with zero attached hydrogens (tertiary/aromatic N) is 3. The van der Waals surface area contributed by atoms with Crippen molar-refractivity contribution in [2.75, 3.05) is 13.1 Å². The lowest BCUT2D eigenvalue weighted by Gasteiger charge is -2.35. The van der Waals surface area contributed by atoms with Crippen molar-refractivity contribution < 1.29 is 9.53 Å². The van der Waals surface area contributed by atoms with E-state index in [1.807, 2.05) is 49.9 Å². The summed E-state index contributed by atoms with van der Waals surface area (Å²) >= 11 is 6.08. The van der Waals surface area contributed by atoms with Gasteiger partial charge in [0.2, 0.25) is 0 Å². The Kier molecular flexibility index (Phi) is 4.92. The van der Waals surface area contributed by atoms with Crippen LogP contribution in [0, 0.1) is 0 Å². The molecule has 24 heavy (non-hydrogen) atoms. The van der Waals surface area contributed by atoms with E-state index in [4.69, 9.17) is 16.3 Å². The topological polar surface area (TPSA) is 47.4 Å². The first-order valence-corrected chi connectivity index (χ1v) is 8.65. The van der Waals surface area contributed by atoms with Crippen LogP contribution in [0.4, 0.5) is 0 Å². The van der Waals surface area contributed by atoms with Crippen LogP contribution < -0.4 is 0 Å². The van der Waals surface area contributed by atoms with Crippen LogP contribution in [0.5, 0.6) is 0 Å². The lowest BCUT2D eigenvalue weighted by molar-refractivity contribution is -0.0586. The Hall–Kier alpha value is -1.85. The largest absolute Gasteiger partial charge is 0.372 e. The van der Waals surface area contributed by atoms with Crippen molar-refractivity contribution in [2.24, 2.45) is 0 Å². The zero-order valence-corrected chi connectivity index (χ0v) is 15.0. The van der Waals surface area contributed by atoms with E-state index >= 15 is 0 Å². The van der Waals surface area contributed by atoms with E-state index in [0.717, 1.165) is 11.4 Å². The Bertz CT molecular complexity index is 734. The monoisotopic (exact) mass is 347 g/mol. The van der Waals surface area contributed by atoms with Gasteiger partial charge < -0.3 is 9.64 Å². The molecule has 1 aromatic heterocycles. The van der Waals surface area contributed by atoms with Crippen LogP contribution in [0.25, 0.3) is 5.69 Å². The zero-order chi connectivity index (χ0) is 17.3. The molecule has 0 bridgehead atoms. The van der Waals surface area contributed by atoms with E-state index in [1.165, 1.54) is 0 Å². The molecule has 0 unspecified atom stereocenters. The number of carbonyl (C=O) groups excluding carboxylic acids is 1. The van der Waals surface area contributed by atoms with Crippen LogP contribution in [0.15, 0.2) is 30.5 Å². The molecule has 3 rings (SSSR count). The minimum absolute atomic E-state index is 0.0159. The Balaban J connectivity index is 1.93. The summed E-state index contributed by atoms with van der Waals surface area (Å²) < 4.78 is 7.52. The highest BCUT2D eigenvalue weighted by atomic mass is 35.5. The summed E-state index contributed by atoms with van der Waals surface area (Å²) in [5, 5.41) is 5.08. The molecule has 1 fully saturated rings. The summed E-state index contributed by atoms with van der Waals surface area (Å²) in [6, 6.07) is 7.49. The predicted octanol–water partition coefficient (Wildman–Crippen LogP) is 3.34. The molecular weight excluding hydrogens is 326 g/mol. The highest BCUT2D eigenvalue weighted by Gasteiger charge is 2.29. The van der Waals surface area contributed by atoms with E-state index < -0.39 is 0 Å². The normalized spacial score (nSPS) is 21.1. The van der Waals surface area contributed by atoms with Crippen LogP contribution in [0.2, 0.25) is 5.02 Å². The molecule has 5 nitrogen and oxygen atoms in total. The molecule has 2 aromatic rings. The highest BCUT2D eigenvalue weighted by molar-refractivity contribution is 6.30. The second kappa shape index (κ2) is 6.95. The number of halogens is 1. The van der Waals surface area contributed by atoms with Gasteiger partial charge in [-0.2, -0.15) is 5.10 Å². The second-order valence-corrected chi connectivity index (χ2v) is 6.65. The van der Waals surface area contributed by atoms with Crippen LogP contribution in [0.3, 0.4) is 0 Å². The van der Waals surface area contributed by atoms with Crippen LogP contribution in [0.1, 0.15) is 36.8 Å². The van der Waals surface area contributed by atoms with E-state index in [0.29, 0.717) is 30.1 Å². The lowest BCUT2D eigenvalue weighted by Crippen LogP contribution is -2.48. The molecule has 1 amide bonds. The molecule has 2 atom stereocenters. The summed E-state index contributed by atoms with van der Waals surface area (Å²) in [6.07, 6.45) is 2.46. The van der Waals surface area contributed by atoms with Gasteiger partial charge >= 0.3 is 0 Å².